The lowest BCUT2D eigenvalue weighted by molar-refractivity contribution is 0.0966. The fraction of sp³-hybridized carbons (Fsp3) is 0.875. The Morgan fingerprint density at radius 1 is 1.40 bits per heavy atom. The van der Waals surface area contributed by atoms with Crippen molar-refractivity contribution in [2.24, 2.45) is 0 Å². The minimum Gasteiger partial charge on any atom is -0.448 e. The summed E-state index contributed by atoms with van der Waals surface area (Å²) in [5, 5.41) is 0. The molecule has 1 atom stereocenters. The molecule has 0 aromatic rings. The second-order valence-electron chi connectivity index (χ2n) is 3.25. The van der Waals surface area contributed by atoms with Gasteiger partial charge in [-0.2, -0.15) is 0 Å². The van der Waals surface area contributed by atoms with Gasteiger partial charge < -0.3 is 4.74 Å². The molecule has 0 saturated heterocycles. The number of thiol groups is 1. The van der Waals surface area contributed by atoms with Gasteiger partial charge in [-0.3, -0.25) is 4.90 Å². The Balaban J connectivity index is 4.15. The molecule has 0 rings (SSSR count). The Kier molecular flexibility index (Phi) is 7.24. The molecule has 0 aliphatic carbocycles. The van der Waals surface area contributed by atoms with Crippen molar-refractivity contribution < 1.29 is 17.9 Å². The van der Waals surface area contributed by atoms with Crippen molar-refractivity contribution in [1.82, 2.24) is 4.90 Å². The molecule has 0 aliphatic rings. The average molecular weight is 349 g/mol. The van der Waals surface area contributed by atoms with E-state index in [1.54, 1.807) is 4.90 Å². The number of rotatable bonds is 5. The maximum absolute atomic E-state index is 11.5. The van der Waals surface area contributed by atoms with Gasteiger partial charge in [-0.15, -0.1) is 0 Å². The van der Waals surface area contributed by atoms with Crippen molar-refractivity contribution in [2.75, 3.05) is 12.4 Å². The molecule has 0 spiro atoms. The summed E-state index contributed by atoms with van der Waals surface area (Å²) in [6, 6.07) is 0.0328. The van der Waals surface area contributed by atoms with E-state index in [4.69, 9.17) is 4.74 Å². The lowest BCUT2D eigenvalue weighted by atomic mass is 10.3. The van der Waals surface area contributed by atoms with E-state index >= 15 is 0 Å². The molecule has 0 fully saturated rings. The van der Waals surface area contributed by atoms with E-state index in [1.165, 1.54) is 0 Å². The van der Waals surface area contributed by atoms with Gasteiger partial charge in [0.1, 0.15) is 17.3 Å². The van der Waals surface area contributed by atoms with Crippen LogP contribution in [0.25, 0.3) is 0 Å². The first-order valence-corrected chi connectivity index (χ1v) is 7.18. The van der Waals surface area contributed by atoms with Gasteiger partial charge in [0.15, 0.2) is 0 Å². The highest BCUT2D eigenvalue weighted by Gasteiger charge is 2.22. The van der Waals surface area contributed by atoms with E-state index in [-0.39, 0.29) is 22.5 Å². The summed E-state index contributed by atoms with van der Waals surface area (Å²) in [5.74, 6) is -0.122. The van der Waals surface area contributed by atoms with Crippen LogP contribution in [0, 0.1) is 0 Å². The quantitative estimate of drug-likeness (QED) is 0.351. The van der Waals surface area contributed by atoms with E-state index in [0.717, 1.165) is 0 Å². The van der Waals surface area contributed by atoms with Crippen LogP contribution in [-0.2, 0) is 15.4 Å². The van der Waals surface area contributed by atoms with Crippen LogP contribution in [0.5, 0.6) is 0 Å². The van der Waals surface area contributed by atoms with E-state index in [1.807, 2.05) is 20.8 Å². The van der Waals surface area contributed by atoms with Crippen molar-refractivity contribution in [3.8, 4) is 0 Å². The summed E-state index contributed by atoms with van der Waals surface area (Å²) in [5.41, 5.74) is 0. The van der Waals surface area contributed by atoms with Gasteiger partial charge in [-0.1, -0.05) is 22.6 Å². The zero-order valence-electron chi connectivity index (χ0n) is 8.97. The molecule has 0 saturated carbocycles. The molecule has 0 aromatic heterocycles. The average Bonchev–Trinajstić information content (AvgIpc) is 2.01. The molecule has 5 nitrogen and oxygen atoms in total. The maximum Gasteiger partial charge on any atom is 0.410 e. The van der Waals surface area contributed by atoms with Crippen molar-refractivity contribution in [3.63, 3.8) is 0 Å². The number of hydrogen-bond acceptors (Lipinski definition) is 4. The number of carbonyl (C=O) groups excluding carboxylic acids is 1. The molecule has 0 N–H and O–H groups in total. The normalized spacial score (nSPS) is 12.9. The zero-order chi connectivity index (χ0) is 12.0. The summed E-state index contributed by atoms with van der Waals surface area (Å²) in [6.45, 7) is 5.55. The van der Waals surface area contributed by atoms with Crippen LogP contribution >= 0.6 is 22.6 Å². The maximum atomic E-state index is 11.5. The van der Waals surface area contributed by atoms with Gasteiger partial charge in [0.25, 0.3) is 0 Å². The van der Waals surface area contributed by atoms with Crippen molar-refractivity contribution in [1.29, 1.82) is 0 Å². The first-order chi connectivity index (χ1) is 6.86. The third-order valence-electron chi connectivity index (χ3n) is 1.65. The van der Waals surface area contributed by atoms with Gasteiger partial charge in [0.2, 0.25) is 0 Å². The van der Waals surface area contributed by atoms with E-state index in [0.29, 0.717) is 0 Å². The second-order valence-corrected chi connectivity index (χ2v) is 6.16. The van der Waals surface area contributed by atoms with E-state index in [2.05, 4.69) is 22.6 Å². The second kappa shape index (κ2) is 7.26. The SMILES string of the molecule is CC(C)N(C(=O)OCC[SH](=O)=O)C(C)I. The van der Waals surface area contributed by atoms with Crippen LogP contribution in [-0.4, -0.2) is 41.9 Å². The Hall–Kier alpha value is -0.0500. The largest absolute Gasteiger partial charge is 0.448 e. The van der Waals surface area contributed by atoms with Crippen LogP contribution in [0.15, 0.2) is 0 Å². The van der Waals surface area contributed by atoms with Gasteiger partial charge in [0, 0.05) is 6.04 Å². The summed E-state index contributed by atoms with van der Waals surface area (Å²) in [6.07, 6.45) is -0.469. The first-order valence-electron chi connectivity index (χ1n) is 4.57. The predicted molar refractivity (Wildman–Crippen MR) is 67.0 cm³/mol. The highest BCUT2D eigenvalue weighted by molar-refractivity contribution is 14.1. The summed E-state index contributed by atoms with van der Waals surface area (Å²) >= 11 is 2.11. The van der Waals surface area contributed by atoms with Crippen molar-refractivity contribution in [2.45, 2.75) is 30.9 Å². The van der Waals surface area contributed by atoms with Crippen LogP contribution < -0.4 is 0 Å². The molecule has 90 valence electrons. The lowest BCUT2D eigenvalue weighted by Gasteiger charge is -2.28. The predicted octanol–water partition coefficient (Wildman–Crippen LogP) is 1.23. The van der Waals surface area contributed by atoms with Gasteiger partial charge in [-0.25, -0.2) is 13.2 Å². The van der Waals surface area contributed by atoms with Crippen LogP contribution in [0.1, 0.15) is 20.8 Å². The number of hydrogen-bond donors (Lipinski definition) is 1. The Morgan fingerprint density at radius 3 is 2.27 bits per heavy atom. The molecule has 0 heterocycles. The number of alkyl halides is 1. The molecule has 1 unspecified atom stereocenters. The van der Waals surface area contributed by atoms with Crippen molar-refractivity contribution in [3.05, 3.63) is 0 Å². The minimum atomic E-state index is -2.48. The smallest absolute Gasteiger partial charge is 0.410 e. The Morgan fingerprint density at radius 2 is 1.93 bits per heavy atom. The van der Waals surface area contributed by atoms with Crippen LogP contribution in [0.4, 0.5) is 4.79 Å². The molecule has 7 heteroatoms. The summed E-state index contributed by atoms with van der Waals surface area (Å²) in [4.78, 5) is 13.1. The number of nitrogens with zero attached hydrogens (tertiary/aromatic N) is 1. The Labute approximate surface area is 105 Å². The highest BCUT2D eigenvalue weighted by Crippen LogP contribution is 2.13. The molecular formula is C8H16INO4S. The van der Waals surface area contributed by atoms with Gasteiger partial charge in [-0.05, 0) is 20.8 Å². The molecule has 0 aliphatic heterocycles. The molecule has 0 aromatic carbocycles. The molecule has 1 amide bonds. The lowest BCUT2D eigenvalue weighted by Crippen LogP contribution is -2.41. The van der Waals surface area contributed by atoms with Crippen LogP contribution in [0.2, 0.25) is 0 Å². The van der Waals surface area contributed by atoms with Crippen molar-refractivity contribution >= 4 is 39.4 Å². The van der Waals surface area contributed by atoms with Gasteiger partial charge in [0.05, 0.1) is 9.80 Å². The first kappa shape index (κ1) is 14.9. The highest BCUT2D eigenvalue weighted by atomic mass is 127. The summed E-state index contributed by atoms with van der Waals surface area (Å²) in [7, 11) is -2.48. The zero-order valence-corrected chi connectivity index (χ0v) is 12.0. The van der Waals surface area contributed by atoms with E-state index < -0.39 is 16.8 Å². The fourth-order valence-corrected chi connectivity index (χ4v) is 2.16. The fourth-order valence-electron chi connectivity index (χ4n) is 1.05. The third-order valence-corrected chi connectivity index (χ3v) is 2.80. The number of amides is 1. The molecule has 0 radical (unpaired) electrons. The molecular weight excluding hydrogens is 333 g/mol. The van der Waals surface area contributed by atoms with Gasteiger partial charge >= 0.3 is 6.09 Å². The minimum absolute atomic E-state index is 0.0103. The molecule has 0 bridgehead atoms. The number of carbonyl (C=O) groups is 1. The van der Waals surface area contributed by atoms with Crippen LogP contribution in [0.3, 0.4) is 0 Å². The number of ether oxygens (including phenoxy) is 1. The summed E-state index contributed by atoms with van der Waals surface area (Å²) < 4.78 is 25.3. The standard InChI is InChI=1S/C8H16INO4S/c1-6(2)10(7(3)9)8(11)14-4-5-15(12)13/h6-7,15H,4-5H2,1-3H3. The molecule has 15 heavy (non-hydrogen) atoms. The van der Waals surface area contributed by atoms with E-state index in [9.17, 15) is 13.2 Å². The number of halogens is 1. The third kappa shape index (κ3) is 6.18. The topological polar surface area (TPSA) is 63.7 Å². The Bertz CT molecular complexity index is 262. The monoisotopic (exact) mass is 349 g/mol.